The van der Waals surface area contributed by atoms with E-state index in [1.165, 1.54) is 22.9 Å². The molecule has 0 unspecified atom stereocenters. The zero-order valence-electron chi connectivity index (χ0n) is 18.0. The van der Waals surface area contributed by atoms with Crippen LogP contribution in [0.25, 0.3) is 22.3 Å². The van der Waals surface area contributed by atoms with E-state index >= 15 is 0 Å². The van der Waals surface area contributed by atoms with Crippen LogP contribution >= 0.6 is 11.8 Å². The van der Waals surface area contributed by atoms with Crippen LogP contribution in [0, 0.1) is 13.8 Å². The van der Waals surface area contributed by atoms with Gasteiger partial charge in [-0.25, -0.2) is 9.97 Å². The molecule has 0 bridgehead atoms. The Balaban J connectivity index is 1.64. The van der Waals surface area contributed by atoms with Crippen LogP contribution in [0.4, 0.5) is 5.69 Å². The number of nitrogens with zero attached hydrogens (tertiary/aromatic N) is 2. The van der Waals surface area contributed by atoms with Crippen LogP contribution in [-0.4, -0.2) is 21.6 Å². The van der Waals surface area contributed by atoms with Gasteiger partial charge in [0.1, 0.15) is 5.03 Å². The number of benzene rings is 3. The van der Waals surface area contributed by atoms with Crippen LogP contribution in [0.5, 0.6) is 0 Å². The minimum absolute atomic E-state index is 0.0448. The fraction of sp³-hybridized carbons (Fsp3) is 0.192. The number of hydrogen-bond donors (Lipinski definition) is 1. The highest BCUT2D eigenvalue weighted by Crippen LogP contribution is 2.30. The second-order valence-electron chi connectivity index (χ2n) is 7.54. The number of carbonyl (C=O) groups excluding carboxylic acids is 1. The maximum Gasteiger partial charge on any atom is 0.234 e. The third-order valence-corrected chi connectivity index (χ3v) is 6.18. The molecule has 0 aliphatic rings. The smallest absolute Gasteiger partial charge is 0.234 e. The van der Waals surface area contributed by atoms with Crippen molar-refractivity contribution < 1.29 is 4.79 Å². The summed E-state index contributed by atoms with van der Waals surface area (Å²) in [5.74, 6) is 0.923. The van der Waals surface area contributed by atoms with Gasteiger partial charge in [0.2, 0.25) is 5.91 Å². The van der Waals surface area contributed by atoms with Crippen molar-refractivity contribution in [3.63, 3.8) is 0 Å². The van der Waals surface area contributed by atoms with Gasteiger partial charge < -0.3 is 5.32 Å². The van der Waals surface area contributed by atoms with Gasteiger partial charge in [-0.15, -0.1) is 0 Å². The van der Waals surface area contributed by atoms with E-state index < -0.39 is 0 Å². The highest BCUT2D eigenvalue weighted by Gasteiger charge is 2.14. The fourth-order valence-corrected chi connectivity index (χ4v) is 4.38. The molecule has 0 saturated heterocycles. The van der Waals surface area contributed by atoms with Crippen molar-refractivity contribution in [2.75, 3.05) is 11.1 Å². The predicted molar refractivity (Wildman–Crippen MR) is 130 cm³/mol. The van der Waals surface area contributed by atoms with Gasteiger partial charge in [0.05, 0.1) is 11.3 Å². The number of nitrogens with one attached hydrogen (secondary N) is 1. The Kier molecular flexibility index (Phi) is 6.33. The Labute approximate surface area is 187 Å². The maximum atomic E-state index is 12.7. The Morgan fingerprint density at radius 3 is 2.52 bits per heavy atom. The van der Waals surface area contributed by atoms with Gasteiger partial charge in [0.25, 0.3) is 0 Å². The topological polar surface area (TPSA) is 54.9 Å². The molecule has 0 spiro atoms. The number of thioether (sulfide) groups is 1. The Hall–Kier alpha value is -3.18. The molecule has 4 nitrogen and oxygen atoms in total. The molecule has 5 heteroatoms. The van der Waals surface area contributed by atoms with Gasteiger partial charge in [-0.3, -0.25) is 4.79 Å². The van der Waals surface area contributed by atoms with E-state index in [1.807, 2.05) is 68.4 Å². The van der Waals surface area contributed by atoms with Crippen LogP contribution in [0.2, 0.25) is 0 Å². The number of carbonyl (C=O) groups is 1. The van der Waals surface area contributed by atoms with Crippen LogP contribution in [0.1, 0.15) is 23.6 Å². The molecule has 1 heterocycles. The lowest BCUT2D eigenvalue weighted by molar-refractivity contribution is -0.113. The second-order valence-corrected chi connectivity index (χ2v) is 8.50. The first-order valence-corrected chi connectivity index (χ1v) is 11.4. The van der Waals surface area contributed by atoms with Crippen molar-refractivity contribution in [1.29, 1.82) is 0 Å². The number of aromatic nitrogens is 2. The minimum atomic E-state index is -0.0448. The molecule has 1 amide bonds. The minimum Gasteiger partial charge on any atom is -0.325 e. The zero-order valence-corrected chi connectivity index (χ0v) is 18.8. The third kappa shape index (κ3) is 4.78. The number of anilines is 1. The molecule has 0 saturated carbocycles. The first-order valence-electron chi connectivity index (χ1n) is 10.4. The van der Waals surface area contributed by atoms with Gasteiger partial charge in [-0.1, -0.05) is 84.9 Å². The molecule has 156 valence electrons. The summed E-state index contributed by atoms with van der Waals surface area (Å²) in [6.07, 6.45) is 0.889. The van der Waals surface area contributed by atoms with Crippen LogP contribution in [0.3, 0.4) is 0 Å². The number of para-hydroxylation sites is 1. The fourth-order valence-electron chi connectivity index (χ4n) is 3.57. The average Bonchev–Trinajstić information content (AvgIpc) is 2.79. The number of rotatable bonds is 6. The molecule has 3 aromatic carbocycles. The summed E-state index contributed by atoms with van der Waals surface area (Å²) in [4.78, 5) is 22.4. The van der Waals surface area contributed by atoms with Gasteiger partial charge >= 0.3 is 0 Å². The lowest BCUT2D eigenvalue weighted by atomic mass is 10.1. The van der Waals surface area contributed by atoms with Gasteiger partial charge in [-0.05, 0) is 37.5 Å². The largest absolute Gasteiger partial charge is 0.325 e. The quantitative estimate of drug-likeness (QED) is 0.294. The average molecular weight is 428 g/mol. The standard InChI is InChI=1S/C26H25N3OS/c1-4-19-11-8-12-21-24(19)28-25(20-9-6-5-7-10-20)29-26(21)31-16-23(30)27-22-14-13-17(2)15-18(22)3/h5-15H,4,16H2,1-3H3,(H,27,30). The van der Waals surface area contributed by atoms with Crippen molar-refractivity contribution >= 4 is 34.3 Å². The molecule has 0 aliphatic carbocycles. The van der Waals surface area contributed by atoms with Crippen molar-refractivity contribution in [3.05, 3.63) is 83.4 Å². The number of aryl methyl sites for hydroxylation is 3. The Morgan fingerprint density at radius 1 is 0.968 bits per heavy atom. The van der Waals surface area contributed by atoms with Crippen LogP contribution < -0.4 is 5.32 Å². The van der Waals surface area contributed by atoms with Gasteiger partial charge in [0, 0.05) is 16.6 Å². The molecular formula is C26H25N3OS. The molecule has 1 aromatic heterocycles. The summed E-state index contributed by atoms with van der Waals surface area (Å²) >= 11 is 1.45. The van der Waals surface area contributed by atoms with Gasteiger partial charge in [0.15, 0.2) is 5.82 Å². The summed E-state index contributed by atoms with van der Waals surface area (Å²) in [6.45, 7) is 6.18. The third-order valence-electron chi connectivity index (χ3n) is 5.18. The summed E-state index contributed by atoms with van der Waals surface area (Å²) in [5, 5.41) is 4.84. The van der Waals surface area contributed by atoms with Crippen molar-refractivity contribution in [2.45, 2.75) is 32.2 Å². The molecule has 0 fully saturated rings. The monoisotopic (exact) mass is 427 g/mol. The van der Waals surface area contributed by atoms with E-state index in [0.29, 0.717) is 5.82 Å². The number of fused-ring (bicyclic) bond motifs is 1. The summed E-state index contributed by atoms with van der Waals surface area (Å²) in [5.41, 5.74) is 6.19. The molecule has 0 atom stereocenters. The Morgan fingerprint density at radius 2 is 1.77 bits per heavy atom. The number of hydrogen-bond acceptors (Lipinski definition) is 4. The second kappa shape index (κ2) is 9.31. The Bertz CT molecular complexity index is 1240. The van der Waals surface area contributed by atoms with E-state index in [9.17, 15) is 4.79 Å². The van der Waals surface area contributed by atoms with Crippen LogP contribution in [0.15, 0.2) is 71.8 Å². The lowest BCUT2D eigenvalue weighted by Gasteiger charge is -2.12. The zero-order chi connectivity index (χ0) is 21.8. The maximum absolute atomic E-state index is 12.7. The van der Waals surface area contributed by atoms with E-state index in [4.69, 9.17) is 9.97 Å². The summed E-state index contributed by atoms with van der Waals surface area (Å²) in [6, 6.07) is 22.2. The molecule has 1 N–H and O–H groups in total. The molecule has 0 radical (unpaired) electrons. The molecule has 0 aliphatic heterocycles. The normalized spacial score (nSPS) is 10.9. The summed E-state index contributed by atoms with van der Waals surface area (Å²) in [7, 11) is 0. The molecule has 4 aromatic rings. The first-order chi connectivity index (χ1) is 15.0. The van der Waals surface area contributed by atoms with E-state index in [1.54, 1.807) is 0 Å². The predicted octanol–water partition coefficient (Wildman–Crippen LogP) is 6.21. The molecular weight excluding hydrogens is 402 g/mol. The van der Waals surface area contributed by atoms with Crippen molar-refractivity contribution in [1.82, 2.24) is 9.97 Å². The highest BCUT2D eigenvalue weighted by molar-refractivity contribution is 8.00. The van der Waals surface area contributed by atoms with E-state index in [0.717, 1.165) is 39.2 Å². The SMILES string of the molecule is CCc1cccc2c(SCC(=O)Nc3ccc(C)cc3C)nc(-c3ccccc3)nc12. The molecule has 31 heavy (non-hydrogen) atoms. The lowest BCUT2D eigenvalue weighted by Crippen LogP contribution is -2.15. The number of amides is 1. The van der Waals surface area contributed by atoms with E-state index in [-0.39, 0.29) is 11.7 Å². The van der Waals surface area contributed by atoms with Crippen molar-refractivity contribution in [2.24, 2.45) is 0 Å². The first kappa shape index (κ1) is 21.1. The van der Waals surface area contributed by atoms with Gasteiger partial charge in [-0.2, -0.15) is 0 Å². The summed E-state index contributed by atoms with van der Waals surface area (Å²) < 4.78 is 0. The highest BCUT2D eigenvalue weighted by atomic mass is 32.2. The van der Waals surface area contributed by atoms with Crippen molar-refractivity contribution in [3.8, 4) is 11.4 Å². The van der Waals surface area contributed by atoms with E-state index in [2.05, 4.69) is 24.4 Å². The van der Waals surface area contributed by atoms with Crippen LogP contribution in [-0.2, 0) is 11.2 Å². The molecule has 4 rings (SSSR count).